The maximum absolute atomic E-state index is 13.0. The first-order valence-electron chi connectivity index (χ1n) is 9.92. The second-order valence-electron chi connectivity index (χ2n) is 7.52. The fourth-order valence-electron chi connectivity index (χ4n) is 4.10. The van der Waals surface area contributed by atoms with Gasteiger partial charge in [-0.25, -0.2) is 4.98 Å². The highest BCUT2D eigenvalue weighted by Gasteiger charge is 2.39. The molecule has 0 amide bonds. The van der Waals surface area contributed by atoms with E-state index >= 15 is 0 Å². The summed E-state index contributed by atoms with van der Waals surface area (Å²) in [5.41, 5.74) is 10.5. The summed E-state index contributed by atoms with van der Waals surface area (Å²) < 4.78 is 5.97. The van der Waals surface area contributed by atoms with Gasteiger partial charge in [0.05, 0.1) is 11.3 Å². The van der Waals surface area contributed by atoms with Gasteiger partial charge in [-0.15, -0.1) is 11.3 Å². The van der Waals surface area contributed by atoms with Crippen molar-refractivity contribution in [1.82, 2.24) is 4.98 Å². The summed E-state index contributed by atoms with van der Waals surface area (Å²) >= 11 is 13.6. The number of carbonyl (C=O) groups excluding carboxylic acids is 1. The first-order valence-corrected chi connectivity index (χ1v) is 11.6. The van der Waals surface area contributed by atoms with Crippen LogP contribution >= 0.6 is 34.5 Å². The standard InChI is InChI=1S/C24H18Cl2N2O2S/c25-15-8-4-13(5-9-15)17-12-31-24(28-17)22-20(14-6-10-16(26)11-7-14)21-18(29)2-1-3-19(21)30-23(22)27/h4-12,20H,1-3,27H2/t20-/m0/s1. The van der Waals surface area contributed by atoms with Crippen molar-refractivity contribution in [3.8, 4) is 11.3 Å². The van der Waals surface area contributed by atoms with Gasteiger partial charge in [0, 0.05) is 45.3 Å². The van der Waals surface area contributed by atoms with E-state index in [-0.39, 0.29) is 11.7 Å². The average Bonchev–Trinajstić information content (AvgIpc) is 3.24. The van der Waals surface area contributed by atoms with E-state index in [1.807, 2.05) is 53.9 Å². The van der Waals surface area contributed by atoms with Crippen LogP contribution in [0, 0.1) is 0 Å². The number of rotatable bonds is 3. The highest BCUT2D eigenvalue weighted by atomic mass is 35.5. The largest absolute Gasteiger partial charge is 0.445 e. The number of nitrogens with zero attached hydrogens (tertiary/aromatic N) is 1. The number of carbonyl (C=O) groups is 1. The Bertz CT molecular complexity index is 1230. The number of allylic oxidation sites excluding steroid dienone is 3. The van der Waals surface area contributed by atoms with E-state index in [9.17, 15) is 4.79 Å². The molecule has 1 aliphatic carbocycles. The van der Waals surface area contributed by atoms with Crippen molar-refractivity contribution in [2.24, 2.45) is 5.73 Å². The summed E-state index contributed by atoms with van der Waals surface area (Å²) in [6, 6.07) is 15.1. The van der Waals surface area contributed by atoms with Gasteiger partial charge in [0.15, 0.2) is 11.7 Å². The lowest BCUT2D eigenvalue weighted by Gasteiger charge is -2.32. The van der Waals surface area contributed by atoms with Crippen LogP contribution in [0.15, 0.2) is 71.1 Å². The minimum absolute atomic E-state index is 0.0979. The second-order valence-corrected chi connectivity index (χ2v) is 9.25. The molecule has 2 aromatic carbocycles. The van der Waals surface area contributed by atoms with Crippen LogP contribution in [0.4, 0.5) is 0 Å². The van der Waals surface area contributed by atoms with Gasteiger partial charge in [-0.3, -0.25) is 4.79 Å². The van der Waals surface area contributed by atoms with Crippen molar-refractivity contribution in [3.63, 3.8) is 0 Å². The summed E-state index contributed by atoms with van der Waals surface area (Å²) in [5, 5.41) is 4.01. The molecule has 0 saturated heterocycles. The van der Waals surface area contributed by atoms with Crippen molar-refractivity contribution >= 4 is 45.9 Å². The van der Waals surface area contributed by atoms with E-state index in [0.717, 1.165) is 33.8 Å². The fourth-order valence-corrected chi connectivity index (χ4v) is 5.27. The first kappa shape index (κ1) is 20.3. The molecule has 31 heavy (non-hydrogen) atoms. The number of nitrogens with two attached hydrogens (primary N) is 1. The van der Waals surface area contributed by atoms with Crippen LogP contribution < -0.4 is 5.73 Å². The monoisotopic (exact) mass is 468 g/mol. The van der Waals surface area contributed by atoms with Gasteiger partial charge in [-0.2, -0.15) is 0 Å². The maximum atomic E-state index is 13.0. The van der Waals surface area contributed by atoms with E-state index in [1.165, 1.54) is 11.3 Å². The molecule has 7 heteroatoms. The smallest absolute Gasteiger partial charge is 0.197 e. The van der Waals surface area contributed by atoms with Crippen molar-refractivity contribution < 1.29 is 9.53 Å². The molecule has 0 spiro atoms. The minimum atomic E-state index is -0.335. The van der Waals surface area contributed by atoms with Gasteiger partial charge in [0.25, 0.3) is 0 Å². The molecule has 1 atom stereocenters. The Morgan fingerprint density at radius 3 is 2.35 bits per heavy atom. The highest BCUT2D eigenvalue weighted by Crippen LogP contribution is 2.48. The molecule has 2 N–H and O–H groups in total. The Hall–Kier alpha value is -2.60. The Balaban J connectivity index is 1.63. The van der Waals surface area contributed by atoms with Crippen LogP contribution in [0.2, 0.25) is 10.0 Å². The molecule has 0 fully saturated rings. The molecule has 2 aliphatic rings. The number of benzene rings is 2. The SMILES string of the molecule is NC1=C(c2nc(-c3ccc(Cl)cc3)cs2)[C@@H](c2ccc(Cl)cc2)C2=C(CCCC2=O)O1. The van der Waals surface area contributed by atoms with Gasteiger partial charge in [-0.05, 0) is 36.2 Å². The molecule has 5 rings (SSSR count). The number of ether oxygens (including phenoxy) is 1. The van der Waals surface area contributed by atoms with Crippen molar-refractivity contribution in [2.45, 2.75) is 25.2 Å². The molecule has 3 aromatic rings. The van der Waals surface area contributed by atoms with E-state index in [4.69, 9.17) is 38.7 Å². The topological polar surface area (TPSA) is 65.2 Å². The number of hydrogen-bond acceptors (Lipinski definition) is 5. The zero-order chi connectivity index (χ0) is 21.5. The van der Waals surface area contributed by atoms with Crippen LogP contribution in [0.1, 0.15) is 35.8 Å². The molecule has 0 radical (unpaired) electrons. The number of hydrogen-bond donors (Lipinski definition) is 1. The van der Waals surface area contributed by atoms with Crippen molar-refractivity contribution in [3.05, 3.63) is 91.7 Å². The molecule has 0 saturated carbocycles. The predicted octanol–water partition coefficient (Wildman–Crippen LogP) is 6.57. The van der Waals surface area contributed by atoms with Gasteiger partial charge in [0.2, 0.25) is 0 Å². The quantitative estimate of drug-likeness (QED) is 0.472. The number of thiazole rings is 1. The molecule has 2 heterocycles. The second kappa shape index (κ2) is 8.15. The maximum Gasteiger partial charge on any atom is 0.197 e. The molecule has 0 bridgehead atoms. The zero-order valence-electron chi connectivity index (χ0n) is 16.4. The van der Waals surface area contributed by atoms with Crippen LogP contribution in [0.3, 0.4) is 0 Å². The van der Waals surface area contributed by atoms with Gasteiger partial charge in [0.1, 0.15) is 10.8 Å². The normalized spacial score (nSPS) is 18.8. The third-order valence-corrected chi connectivity index (χ3v) is 6.94. The number of aromatic nitrogens is 1. The minimum Gasteiger partial charge on any atom is -0.445 e. The Morgan fingerprint density at radius 2 is 1.65 bits per heavy atom. The summed E-state index contributed by atoms with van der Waals surface area (Å²) in [7, 11) is 0. The van der Waals surface area contributed by atoms with E-state index in [2.05, 4.69) is 0 Å². The summed E-state index contributed by atoms with van der Waals surface area (Å²) in [6.07, 6.45) is 1.98. The Labute approximate surface area is 194 Å². The van der Waals surface area contributed by atoms with Gasteiger partial charge >= 0.3 is 0 Å². The highest BCUT2D eigenvalue weighted by molar-refractivity contribution is 7.11. The average molecular weight is 469 g/mol. The van der Waals surface area contributed by atoms with E-state index in [0.29, 0.717) is 40.1 Å². The summed E-state index contributed by atoms with van der Waals surface area (Å²) in [6.45, 7) is 0. The number of Topliss-reactive ketones (excluding diaryl/α,β-unsaturated/α-hetero) is 1. The van der Waals surface area contributed by atoms with Crippen LogP contribution in [-0.2, 0) is 9.53 Å². The molecule has 156 valence electrons. The van der Waals surface area contributed by atoms with Gasteiger partial charge < -0.3 is 10.5 Å². The summed E-state index contributed by atoms with van der Waals surface area (Å²) in [5.74, 6) is 0.732. The summed E-state index contributed by atoms with van der Waals surface area (Å²) in [4.78, 5) is 17.8. The fraction of sp³-hybridized carbons (Fsp3) is 0.167. The molecule has 1 aliphatic heterocycles. The van der Waals surface area contributed by atoms with Gasteiger partial charge in [-0.1, -0.05) is 47.5 Å². The molecule has 0 unspecified atom stereocenters. The van der Waals surface area contributed by atoms with E-state index < -0.39 is 0 Å². The van der Waals surface area contributed by atoms with Crippen LogP contribution in [0.5, 0.6) is 0 Å². The first-order chi connectivity index (χ1) is 15.0. The lowest BCUT2D eigenvalue weighted by atomic mass is 9.77. The predicted molar refractivity (Wildman–Crippen MR) is 125 cm³/mol. The van der Waals surface area contributed by atoms with Crippen molar-refractivity contribution in [2.75, 3.05) is 0 Å². The zero-order valence-corrected chi connectivity index (χ0v) is 18.7. The molecule has 1 aromatic heterocycles. The third-order valence-electron chi connectivity index (χ3n) is 5.56. The third kappa shape index (κ3) is 3.78. The van der Waals surface area contributed by atoms with Crippen LogP contribution in [0.25, 0.3) is 16.8 Å². The van der Waals surface area contributed by atoms with E-state index in [1.54, 1.807) is 0 Å². The lowest BCUT2D eigenvalue weighted by molar-refractivity contribution is -0.116. The number of halogens is 2. The van der Waals surface area contributed by atoms with Crippen LogP contribution in [-0.4, -0.2) is 10.8 Å². The molecular formula is C24H18Cl2N2O2S. The Morgan fingerprint density at radius 1 is 0.968 bits per heavy atom. The number of ketones is 1. The Kier molecular flexibility index (Phi) is 5.34. The lowest BCUT2D eigenvalue weighted by Crippen LogP contribution is -2.27. The van der Waals surface area contributed by atoms with Crippen molar-refractivity contribution in [1.29, 1.82) is 0 Å². The molecular weight excluding hydrogens is 451 g/mol. The molecule has 4 nitrogen and oxygen atoms in total.